The number of ether oxygens (including phenoxy) is 2. The van der Waals surface area contributed by atoms with E-state index in [9.17, 15) is 9.59 Å². The lowest BCUT2D eigenvalue weighted by Gasteiger charge is -2.23. The molecule has 0 aromatic heterocycles. The molecule has 0 aliphatic carbocycles. The molecule has 0 heterocycles. The zero-order valence-corrected chi connectivity index (χ0v) is 20.1. The SMILES string of the molecule is CC(=O)OC(Cl)CC(CCC(CCCC(C)c1ccccc1)c1ccccc1)OC(C)=O. The van der Waals surface area contributed by atoms with Gasteiger partial charge in [-0.3, -0.25) is 9.59 Å². The molecule has 2 rings (SSSR count). The van der Waals surface area contributed by atoms with E-state index < -0.39 is 11.5 Å². The van der Waals surface area contributed by atoms with Gasteiger partial charge in [-0.05, 0) is 48.6 Å². The second-order valence-corrected chi connectivity index (χ2v) is 8.90. The van der Waals surface area contributed by atoms with Crippen molar-refractivity contribution in [2.24, 2.45) is 0 Å². The Kier molecular flexibility index (Phi) is 11.3. The summed E-state index contributed by atoms with van der Waals surface area (Å²) in [7, 11) is 0. The smallest absolute Gasteiger partial charge is 0.304 e. The Balaban J connectivity index is 1.97. The highest BCUT2D eigenvalue weighted by atomic mass is 35.5. The molecule has 2 aromatic carbocycles. The van der Waals surface area contributed by atoms with Crippen LogP contribution in [-0.2, 0) is 19.1 Å². The zero-order chi connectivity index (χ0) is 23.3. The lowest BCUT2D eigenvalue weighted by molar-refractivity contribution is -0.150. The van der Waals surface area contributed by atoms with Crippen LogP contribution in [0, 0.1) is 0 Å². The first-order valence-electron chi connectivity index (χ1n) is 11.4. The van der Waals surface area contributed by atoms with Gasteiger partial charge in [-0.15, -0.1) is 0 Å². The van der Waals surface area contributed by atoms with E-state index in [2.05, 4.69) is 55.5 Å². The predicted octanol–water partition coefficient (Wildman–Crippen LogP) is 6.97. The van der Waals surface area contributed by atoms with Gasteiger partial charge in [0.1, 0.15) is 6.10 Å². The maximum absolute atomic E-state index is 11.6. The lowest BCUT2D eigenvalue weighted by Crippen LogP contribution is -2.23. The monoisotopic (exact) mass is 458 g/mol. The van der Waals surface area contributed by atoms with Crippen LogP contribution in [0.2, 0.25) is 0 Å². The standard InChI is InChI=1S/C27H35ClO4/c1-20(23-12-6-4-7-13-23)11-10-16-25(24-14-8-5-9-15-24)17-18-26(31-21(2)29)19-27(28)32-22(3)30/h4-9,12-15,20,25-27H,10-11,16-19H2,1-3H3. The molecule has 0 amide bonds. The highest BCUT2D eigenvalue weighted by Gasteiger charge is 2.22. The average Bonchev–Trinajstić information content (AvgIpc) is 2.76. The molecule has 0 saturated heterocycles. The molecule has 0 saturated carbocycles. The molecule has 32 heavy (non-hydrogen) atoms. The van der Waals surface area contributed by atoms with Gasteiger partial charge in [0.15, 0.2) is 5.56 Å². The Morgan fingerprint density at radius 2 is 1.34 bits per heavy atom. The van der Waals surface area contributed by atoms with Crippen molar-refractivity contribution in [1.29, 1.82) is 0 Å². The Morgan fingerprint density at radius 3 is 1.91 bits per heavy atom. The molecular formula is C27H35ClO4. The number of carbonyl (C=O) groups excluding carboxylic acids is 2. The van der Waals surface area contributed by atoms with E-state index >= 15 is 0 Å². The quantitative estimate of drug-likeness (QED) is 0.240. The number of hydrogen-bond acceptors (Lipinski definition) is 4. The first-order chi connectivity index (χ1) is 15.3. The molecule has 4 unspecified atom stereocenters. The van der Waals surface area contributed by atoms with Gasteiger partial charge in [-0.2, -0.15) is 0 Å². The maximum Gasteiger partial charge on any atom is 0.304 e. The predicted molar refractivity (Wildman–Crippen MR) is 129 cm³/mol. The summed E-state index contributed by atoms with van der Waals surface area (Å²) in [6.45, 7) is 4.99. The number of hydrogen-bond donors (Lipinski definition) is 0. The van der Waals surface area contributed by atoms with Gasteiger partial charge < -0.3 is 9.47 Å². The van der Waals surface area contributed by atoms with E-state index in [0.717, 1.165) is 25.7 Å². The molecular weight excluding hydrogens is 424 g/mol. The van der Waals surface area contributed by atoms with Crippen molar-refractivity contribution in [2.45, 2.75) is 82.8 Å². The summed E-state index contributed by atoms with van der Waals surface area (Å²) in [6, 6.07) is 21.1. The minimum atomic E-state index is -0.807. The highest BCUT2D eigenvalue weighted by Crippen LogP contribution is 2.31. The average molecular weight is 459 g/mol. The molecule has 5 heteroatoms. The zero-order valence-electron chi connectivity index (χ0n) is 19.3. The van der Waals surface area contributed by atoms with Gasteiger partial charge in [0.05, 0.1) is 0 Å². The minimum Gasteiger partial charge on any atom is -0.462 e. The maximum atomic E-state index is 11.6. The minimum absolute atomic E-state index is 0.285. The Morgan fingerprint density at radius 1 is 0.781 bits per heavy atom. The fourth-order valence-corrected chi connectivity index (χ4v) is 4.43. The van der Waals surface area contributed by atoms with Crippen molar-refractivity contribution in [3.05, 3.63) is 71.8 Å². The van der Waals surface area contributed by atoms with E-state index in [0.29, 0.717) is 18.3 Å². The summed E-state index contributed by atoms with van der Waals surface area (Å²) in [4.78, 5) is 22.8. The Labute approximate surface area is 197 Å². The number of halogens is 1. The van der Waals surface area contributed by atoms with E-state index in [-0.39, 0.29) is 18.5 Å². The number of rotatable bonds is 13. The van der Waals surface area contributed by atoms with Gasteiger partial charge >= 0.3 is 11.9 Å². The summed E-state index contributed by atoms with van der Waals surface area (Å²) in [5.74, 6) is 0.0813. The molecule has 2 aromatic rings. The van der Waals surface area contributed by atoms with Crippen molar-refractivity contribution >= 4 is 23.5 Å². The van der Waals surface area contributed by atoms with Crippen molar-refractivity contribution < 1.29 is 19.1 Å². The first-order valence-corrected chi connectivity index (χ1v) is 11.9. The van der Waals surface area contributed by atoms with Crippen LogP contribution >= 0.6 is 11.6 Å². The molecule has 0 radical (unpaired) electrons. The van der Waals surface area contributed by atoms with Crippen LogP contribution < -0.4 is 0 Å². The van der Waals surface area contributed by atoms with Gasteiger partial charge in [0.25, 0.3) is 0 Å². The number of alkyl halides is 1. The lowest BCUT2D eigenvalue weighted by atomic mass is 9.86. The topological polar surface area (TPSA) is 52.6 Å². The van der Waals surface area contributed by atoms with E-state index in [1.54, 1.807) is 0 Å². The van der Waals surface area contributed by atoms with Gasteiger partial charge in [-0.25, -0.2) is 0 Å². The molecule has 174 valence electrons. The largest absolute Gasteiger partial charge is 0.462 e. The Hall–Kier alpha value is -2.33. The molecule has 4 atom stereocenters. The number of carbonyl (C=O) groups is 2. The van der Waals surface area contributed by atoms with E-state index in [1.165, 1.54) is 25.0 Å². The second kappa shape index (κ2) is 13.9. The van der Waals surface area contributed by atoms with Crippen LogP contribution in [-0.4, -0.2) is 23.6 Å². The van der Waals surface area contributed by atoms with Crippen LogP contribution in [0.1, 0.15) is 82.3 Å². The van der Waals surface area contributed by atoms with Crippen molar-refractivity contribution in [3.63, 3.8) is 0 Å². The highest BCUT2D eigenvalue weighted by molar-refractivity contribution is 6.20. The summed E-state index contributed by atoms with van der Waals surface area (Å²) < 4.78 is 10.5. The molecule has 0 spiro atoms. The summed E-state index contributed by atoms with van der Waals surface area (Å²) in [6.07, 6.45) is 4.72. The third kappa shape index (κ3) is 9.86. The fraction of sp³-hybridized carbons (Fsp3) is 0.481. The van der Waals surface area contributed by atoms with Crippen LogP contribution in [0.15, 0.2) is 60.7 Å². The fourth-order valence-electron chi connectivity index (χ4n) is 4.10. The van der Waals surface area contributed by atoms with Crippen molar-refractivity contribution in [2.75, 3.05) is 0 Å². The van der Waals surface area contributed by atoms with E-state index in [4.69, 9.17) is 21.1 Å². The number of benzene rings is 2. The summed E-state index contributed by atoms with van der Waals surface area (Å²) in [5.41, 5.74) is 1.86. The molecule has 4 nitrogen and oxygen atoms in total. The van der Waals surface area contributed by atoms with Gasteiger partial charge in [0, 0.05) is 20.3 Å². The molecule has 0 aliphatic rings. The Bertz CT molecular complexity index is 809. The molecule has 0 N–H and O–H groups in total. The van der Waals surface area contributed by atoms with Crippen LogP contribution in [0.3, 0.4) is 0 Å². The summed E-state index contributed by atoms with van der Waals surface area (Å²) >= 11 is 6.13. The van der Waals surface area contributed by atoms with Gasteiger partial charge in [-0.1, -0.05) is 85.6 Å². The van der Waals surface area contributed by atoms with Crippen molar-refractivity contribution in [3.8, 4) is 0 Å². The third-order valence-corrected chi connectivity index (χ3v) is 6.01. The van der Waals surface area contributed by atoms with Crippen molar-refractivity contribution in [1.82, 2.24) is 0 Å². The third-order valence-electron chi connectivity index (χ3n) is 5.74. The molecule has 0 fully saturated rings. The van der Waals surface area contributed by atoms with Gasteiger partial charge in [0.2, 0.25) is 0 Å². The van der Waals surface area contributed by atoms with Crippen LogP contribution in [0.25, 0.3) is 0 Å². The normalized spacial score (nSPS) is 14.8. The van der Waals surface area contributed by atoms with E-state index in [1.807, 2.05) is 12.1 Å². The van der Waals surface area contributed by atoms with Crippen LogP contribution in [0.4, 0.5) is 0 Å². The van der Waals surface area contributed by atoms with Crippen LogP contribution in [0.5, 0.6) is 0 Å². The number of esters is 2. The first kappa shape index (κ1) is 25.9. The molecule has 0 aliphatic heterocycles. The second-order valence-electron chi connectivity index (χ2n) is 8.41. The molecule has 0 bridgehead atoms. The summed E-state index contributed by atoms with van der Waals surface area (Å²) in [5, 5.41) is 0.